The average molecular weight is 328 g/mol. The lowest BCUT2D eigenvalue weighted by Gasteiger charge is -2.09. The quantitative estimate of drug-likeness (QED) is 0.456. The molecule has 1 heterocycles. The van der Waals surface area contributed by atoms with E-state index < -0.39 is 30.3 Å². The number of ether oxygens (including phenoxy) is 1. The third-order valence-electron chi connectivity index (χ3n) is 3.30. The first-order valence-corrected chi connectivity index (χ1v) is 7.15. The molecule has 7 heteroatoms. The molecule has 0 aromatic heterocycles. The fourth-order valence-electron chi connectivity index (χ4n) is 2.16. The average Bonchev–Trinajstić information content (AvgIpc) is 2.82. The lowest BCUT2D eigenvalue weighted by Crippen LogP contribution is -2.29. The largest absolute Gasteiger partial charge is 0.452 e. The zero-order valence-electron chi connectivity index (χ0n) is 12.9. The van der Waals surface area contributed by atoms with Crippen LogP contribution in [0.4, 0.5) is 0 Å². The van der Waals surface area contributed by atoms with E-state index in [1.165, 1.54) is 30.4 Å². The predicted octanol–water partition coefficient (Wildman–Crippen LogP) is 0.928. The van der Waals surface area contributed by atoms with Gasteiger partial charge in [-0.15, -0.1) is 13.2 Å². The molecule has 0 atom stereocenters. The van der Waals surface area contributed by atoms with E-state index in [4.69, 9.17) is 4.74 Å². The van der Waals surface area contributed by atoms with Crippen molar-refractivity contribution in [2.75, 3.05) is 19.7 Å². The Bertz CT molecular complexity index is 738. The molecule has 1 aromatic rings. The highest BCUT2D eigenvalue weighted by atomic mass is 16.5. The molecule has 3 amide bonds. The van der Waals surface area contributed by atoms with Crippen LogP contribution in [0.25, 0.3) is 0 Å². The zero-order valence-corrected chi connectivity index (χ0v) is 12.9. The number of carbonyl (C=O) groups excluding carboxylic acids is 4. The lowest BCUT2D eigenvalue weighted by atomic mass is 10.1. The van der Waals surface area contributed by atoms with Crippen LogP contribution >= 0.6 is 0 Å². The molecule has 0 radical (unpaired) electrons. The molecule has 0 bridgehead atoms. The van der Waals surface area contributed by atoms with Gasteiger partial charge in [-0.25, -0.2) is 4.79 Å². The van der Waals surface area contributed by atoms with Crippen LogP contribution in [-0.2, 0) is 9.53 Å². The maximum absolute atomic E-state index is 12.2. The van der Waals surface area contributed by atoms with Crippen LogP contribution in [0, 0.1) is 0 Å². The third-order valence-corrected chi connectivity index (χ3v) is 3.30. The Hall–Kier alpha value is -3.22. The Balaban J connectivity index is 2.09. The number of fused-ring (bicyclic) bond motifs is 1. The van der Waals surface area contributed by atoms with Gasteiger partial charge < -0.3 is 10.1 Å². The van der Waals surface area contributed by atoms with E-state index in [2.05, 4.69) is 18.5 Å². The second kappa shape index (κ2) is 7.36. The number of hydrogen-bond donors (Lipinski definition) is 1. The number of hydrogen-bond acceptors (Lipinski definition) is 5. The van der Waals surface area contributed by atoms with Crippen LogP contribution in [0.5, 0.6) is 0 Å². The van der Waals surface area contributed by atoms with Crippen LogP contribution in [-0.4, -0.2) is 48.3 Å². The van der Waals surface area contributed by atoms with Crippen LogP contribution in [0.2, 0.25) is 0 Å². The van der Waals surface area contributed by atoms with E-state index in [-0.39, 0.29) is 29.8 Å². The van der Waals surface area contributed by atoms with Crippen molar-refractivity contribution < 1.29 is 23.9 Å². The summed E-state index contributed by atoms with van der Waals surface area (Å²) in [5.74, 6) is -2.14. The molecule has 1 aromatic carbocycles. The normalized spacial score (nSPS) is 12.6. The monoisotopic (exact) mass is 328 g/mol. The number of nitrogens with one attached hydrogen (secondary N) is 1. The number of amides is 3. The zero-order chi connectivity index (χ0) is 17.7. The SMILES string of the molecule is C=CCNC(=O)COC(=O)c1ccc2c(c1)C(=O)N(CC=C)C2=O. The first-order chi connectivity index (χ1) is 11.5. The van der Waals surface area contributed by atoms with Gasteiger partial charge in [0.05, 0.1) is 16.7 Å². The van der Waals surface area contributed by atoms with Crippen molar-refractivity contribution in [3.8, 4) is 0 Å². The number of benzene rings is 1. The minimum Gasteiger partial charge on any atom is -0.452 e. The number of carbonyl (C=O) groups is 4. The Morgan fingerprint density at radius 3 is 2.50 bits per heavy atom. The lowest BCUT2D eigenvalue weighted by molar-refractivity contribution is -0.124. The van der Waals surface area contributed by atoms with Crippen LogP contribution in [0.15, 0.2) is 43.5 Å². The summed E-state index contributed by atoms with van der Waals surface area (Å²) < 4.78 is 4.87. The standard InChI is InChI=1S/C17H16N2O5/c1-3-7-18-14(20)10-24-17(23)11-5-6-12-13(9-11)16(22)19(8-4-2)15(12)21/h3-6,9H,1-2,7-8,10H2,(H,18,20). The molecule has 0 aliphatic carbocycles. The molecule has 1 aliphatic heterocycles. The number of nitrogens with zero attached hydrogens (tertiary/aromatic N) is 1. The Morgan fingerprint density at radius 2 is 1.83 bits per heavy atom. The molecule has 24 heavy (non-hydrogen) atoms. The molecule has 0 spiro atoms. The molecule has 7 nitrogen and oxygen atoms in total. The van der Waals surface area contributed by atoms with Crippen molar-refractivity contribution in [3.63, 3.8) is 0 Å². The van der Waals surface area contributed by atoms with Crippen LogP contribution in [0.3, 0.4) is 0 Å². The second-order valence-corrected chi connectivity index (χ2v) is 4.94. The first-order valence-electron chi connectivity index (χ1n) is 7.15. The van der Waals surface area contributed by atoms with Crippen LogP contribution < -0.4 is 5.32 Å². The van der Waals surface area contributed by atoms with Gasteiger partial charge >= 0.3 is 5.97 Å². The predicted molar refractivity (Wildman–Crippen MR) is 85.5 cm³/mol. The maximum Gasteiger partial charge on any atom is 0.338 e. The van der Waals surface area contributed by atoms with Gasteiger partial charge in [0.2, 0.25) is 0 Å². The van der Waals surface area contributed by atoms with Crippen molar-refractivity contribution in [1.29, 1.82) is 0 Å². The highest BCUT2D eigenvalue weighted by molar-refractivity contribution is 6.22. The van der Waals surface area contributed by atoms with E-state index in [0.29, 0.717) is 0 Å². The molecule has 0 fully saturated rings. The first kappa shape index (κ1) is 17.1. The molecule has 0 unspecified atom stereocenters. The summed E-state index contributed by atoms with van der Waals surface area (Å²) in [7, 11) is 0. The van der Waals surface area contributed by atoms with Crippen LogP contribution in [0.1, 0.15) is 31.1 Å². The van der Waals surface area contributed by atoms with Crippen molar-refractivity contribution in [3.05, 3.63) is 60.2 Å². The summed E-state index contributed by atoms with van der Waals surface area (Å²) in [6, 6.07) is 4.07. The van der Waals surface area contributed by atoms with Gasteiger partial charge in [-0.3, -0.25) is 19.3 Å². The smallest absolute Gasteiger partial charge is 0.338 e. The Kier molecular flexibility index (Phi) is 5.26. The van der Waals surface area contributed by atoms with Crippen molar-refractivity contribution >= 4 is 23.7 Å². The van der Waals surface area contributed by atoms with Crippen molar-refractivity contribution in [2.24, 2.45) is 0 Å². The molecule has 0 saturated carbocycles. The molecular weight excluding hydrogens is 312 g/mol. The number of rotatable bonds is 7. The van der Waals surface area contributed by atoms with Gasteiger partial charge in [-0.05, 0) is 18.2 Å². The van der Waals surface area contributed by atoms with Crippen molar-refractivity contribution in [2.45, 2.75) is 0 Å². The minimum absolute atomic E-state index is 0.0897. The molecule has 0 saturated heterocycles. The summed E-state index contributed by atoms with van der Waals surface area (Å²) in [5.41, 5.74) is 0.446. The molecular formula is C17H16N2O5. The fraction of sp³-hybridized carbons (Fsp3) is 0.176. The number of imide groups is 1. The summed E-state index contributed by atoms with van der Waals surface area (Å²) in [6.07, 6.45) is 2.94. The van der Waals surface area contributed by atoms with E-state index >= 15 is 0 Å². The van der Waals surface area contributed by atoms with Gasteiger partial charge in [-0.2, -0.15) is 0 Å². The summed E-state index contributed by atoms with van der Waals surface area (Å²) >= 11 is 0. The van der Waals surface area contributed by atoms with Gasteiger partial charge in [0.1, 0.15) is 0 Å². The summed E-state index contributed by atoms with van der Waals surface area (Å²) in [5, 5.41) is 2.46. The third kappa shape index (κ3) is 3.40. The Morgan fingerprint density at radius 1 is 1.12 bits per heavy atom. The molecule has 2 rings (SSSR count). The molecule has 1 N–H and O–H groups in total. The van der Waals surface area contributed by atoms with Gasteiger partial charge in [0.15, 0.2) is 6.61 Å². The highest BCUT2D eigenvalue weighted by Gasteiger charge is 2.35. The summed E-state index contributed by atoms with van der Waals surface area (Å²) in [4.78, 5) is 48.7. The van der Waals surface area contributed by atoms with E-state index in [1.54, 1.807) is 0 Å². The highest BCUT2D eigenvalue weighted by Crippen LogP contribution is 2.24. The van der Waals surface area contributed by atoms with E-state index in [1.807, 2.05) is 0 Å². The van der Waals surface area contributed by atoms with Gasteiger partial charge in [0.25, 0.3) is 17.7 Å². The maximum atomic E-state index is 12.2. The van der Waals surface area contributed by atoms with E-state index in [0.717, 1.165) is 4.90 Å². The number of esters is 1. The molecule has 1 aliphatic rings. The summed E-state index contributed by atoms with van der Waals surface area (Å²) in [6.45, 7) is 6.87. The minimum atomic E-state index is -0.756. The second-order valence-electron chi connectivity index (χ2n) is 4.94. The van der Waals surface area contributed by atoms with Crippen molar-refractivity contribution in [1.82, 2.24) is 10.2 Å². The molecule has 124 valence electrons. The van der Waals surface area contributed by atoms with Gasteiger partial charge in [0, 0.05) is 13.1 Å². The Labute approximate surface area is 138 Å². The topological polar surface area (TPSA) is 92.8 Å². The fourth-order valence-corrected chi connectivity index (χ4v) is 2.16. The van der Waals surface area contributed by atoms with Gasteiger partial charge in [-0.1, -0.05) is 12.2 Å². The van der Waals surface area contributed by atoms with E-state index in [9.17, 15) is 19.2 Å².